The van der Waals surface area contributed by atoms with Crippen molar-refractivity contribution in [2.75, 3.05) is 13.2 Å². The van der Waals surface area contributed by atoms with E-state index in [-0.39, 0.29) is 6.10 Å². The summed E-state index contributed by atoms with van der Waals surface area (Å²) in [6.45, 7) is 7.47. The average Bonchev–Trinajstić information content (AvgIpc) is 1.95. The molecule has 0 aromatic heterocycles. The van der Waals surface area contributed by atoms with Gasteiger partial charge in [-0.3, -0.25) is 0 Å². The van der Waals surface area contributed by atoms with Crippen LogP contribution >= 0.6 is 0 Å². The molecule has 0 rings (SSSR count). The van der Waals surface area contributed by atoms with Crippen molar-refractivity contribution >= 4 is 0 Å². The Kier molecular flexibility index (Phi) is 7.51. The van der Waals surface area contributed by atoms with Gasteiger partial charge in [0.1, 0.15) is 0 Å². The Balaban J connectivity index is 2.91. The van der Waals surface area contributed by atoms with Gasteiger partial charge in [0, 0.05) is 6.61 Å². The van der Waals surface area contributed by atoms with Crippen LogP contribution in [0, 0.1) is 5.92 Å². The fourth-order valence-electron chi connectivity index (χ4n) is 1.01. The summed E-state index contributed by atoms with van der Waals surface area (Å²) in [6, 6.07) is 0. The molecule has 0 amide bonds. The number of aliphatic hydroxyl groups excluding tert-OH is 1. The van der Waals surface area contributed by atoms with Crippen LogP contribution in [0.2, 0.25) is 0 Å². The average molecular weight is 174 g/mol. The van der Waals surface area contributed by atoms with E-state index in [2.05, 4.69) is 13.8 Å². The van der Waals surface area contributed by atoms with Crippen molar-refractivity contribution < 1.29 is 9.84 Å². The molecule has 1 unspecified atom stereocenters. The monoisotopic (exact) mass is 174 g/mol. The molecule has 0 saturated heterocycles. The maximum Gasteiger partial charge on any atom is 0.0745 e. The van der Waals surface area contributed by atoms with Gasteiger partial charge in [0.15, 0.2) is 0 Å². The van der Waals surface area contributed by atoms with Crippen molar-refractivity contribution in [3.05, 3.63) is 0 Å². The minimum absolute atomic E-state index is 0.324. The Hall–Kier alpha value is -0.0800. The molecule has 0 heterocycles. The van der Waals surface area contributed by atoms with Crippen LogP contribution in [0.1, 0.15) is 40.0 Å². The van der Waals surface area contributed by atoms with Gasteiger partial charge in [-0.15, -0.1) is 0 Å². The van der Waals surface area contributed by atoms with Crippen LogP contribution in [0.4, 0.5) is 0 Å². The van der Waals surface area contributed by atoms with Crippen molar-refractivity contribution in [2.24, 2.45) is 5.92 Å². The molecule has 74 valence electrons. The Morgan fingerprint density at radius 3 is 2.33 bits per heavy atom. The largest absolute Gasteiger partial charge is 0.391 e. The quantitative estimate of drug-likeness (QED) is 0.600. The summed E-state index contributed by atoms with van der Waals surface area (Å²) in [5.74, 6) is 0.793. The van der Waals surface area contributed by atoms with E-state index >= 15 is 0 Å². The summed E-state index contributed by atoms with van der Waals surface area (Å²) < 4.78 is 5.23. The van der Waals surface area contributed by atoms with E-state index in [9.17, 15) is 0 Å². The van der Waals surface area contributed by atoms with Crippen LogP contribution in [0.5, 0.6) is 0 Å². The van der Waals surface area contributed by atoms with Gasteiger partial charge in [0.05, 0.1) is 12.7 Å². The molecule has 12 heavy (non-hydrogen) atoms. The Morgan fingerprint density at radius 2 is 1.83 bits per heavy atom. The molecule has 0 fully saturated rings. The fraction of sp³-hybridized carbons (Fsp3) is 1.00. The molecule has 0 saturated carbocycles. The maximum absolute atomic E-state index is 8.87. The van der Waals surface area contributed by atoms with E-state index in [1.807, 2.05) is 0 Å². The SMILES string of the molecule is CC(C)CCCCOCC(C)O. The lowest BCUT2D eigenvalue weighted by molar-refractivity contribution is 0.0443. The molecule has 2 nitrogen and oxygen atoms in total. The van der Waals surface area contributed by atoms with Crippen LogP contribution < -0.4 is 0 Å². The minimum Gasteiger partial charge on any atom is -0.391 e. The van der Waals surface area contributed by atoms with Gasteiger partial charge in [-0.2, -0.15) is 0 Å². The molecule has 0 spiro atoms. The third-order valence-electron chi connectivity index (χ3n) is 1.68. The fourth-order valence-corrected chi connectivity index (χ4v) is 1.01. The van der Waals surface area contributed by atoms with Crippen LogP contribution in [-0.4, -0.2) is 24.4 Å². The van der Waals surface area contributed by atoms with Crippen LogP contribution in [0.25, 0.3) is 0 Å². The molecule has 1 atom stereocenters. The highest BCUT2D eigenvalue weighted by Crippen LogP contribution is 2.05. The molecule has 0 aliphatic rings. The van der Waals surface area contributed by atoms with Crippen LogP contribution in [-0.2, 0) is 4.74 Å². The number of hydrogen-bond acceptors (Lipinski definition) is 2. The molecule has 1 N–H and O–H groups in total. The summed E-state index contributed by atoms with van der Waals surface area (Å²) in [4.78, 5) is 0. The number of aliphatic hydroxyl groups is 1. The molecule has 0 aromatic rings. The van der Waals surface area contributed by atoms with E-state index in [0.29, 0.717) is 6.61 Å². The molecular formula is C10H22O2. The number of rotatable bonds is 7. The third-order valence-corrected chi connectivity index (χ3v) is 1.68. The van der Waals surface area contributed by atoms with Gasteiger partial charge < -0.3 is 9.84 Å². The van der Waals surface area contributed by atoms with Gasteiger partial charge >= 0.3 is 0 Å². The zero-order chi connectivity index (χ0) is 9.40. The van der Waals surface area contributed by atoms with Crippen molar-refractivity contribution in [3.8, 4) is 0 Å². The molecule has 0 aliphatic heterocycles. The summed E-state index contributed by atoms with van der Waals surface area (Å²) in [6.07, 6.45) is 3.30. The maximum atomic E-state index is 8.87. The van der Waals surface area contributed by atoms with E-state index in [1.54, 1.807) is 6.92 Å². The van der Waals surface area contributed by atoms with E-state index < -0.39 is 0 Å². The van der Waals surface area contributed by atoms with E-state index in [4.69, 9.17) is 9.84 Å². The van der Waals surface area contributed by atoms with Gasteiger partial charge in [0.2, 0.25) is 0 Å². The Morgan fingerprint density at radius 1 is 1.17 bits per heavy atom. The highest BCUT2D eigenvalue weighted by atomic mass is 16.5. The second kappa shape index (κ2) is 7.56. The van der Waals surface area contributed by atoms with Gasteiger partial charge in [-0.1, -0.05) is 26.7 Å². The second-order valence-corrected chi connectivity index (χ2v) is 3.81. The lowest BCUT2D eigenvalue weighted by Crippen LogP contribution is -2.10. The normalized spacial score (nSPS) is 13.8. The highest BCUT2D eigenvalue weighted by molar-refractivity contribution is 4.47. The smallest absolute Gasteiger partial charge is 0.0745 e. The molecule has 0 aromatic carbocycles. The number of unbranched alkanes of at least 4 members (excludes halogenated alkanes) is 1. The molecule has 0 aliphatic carbocycles. The number of ether oxygens (including phenoxy) is 1. The lowest BCUT2D eigenvalue weighted by atomic mass is 10.1. The third kappa shape index (κ3) is 9.92. The first-order chi connectivity index (χ1) is 5.63. The summed E-state index contributed by atoms with van der Waals surface area (Å²) >= 11 is 0. The summed E-state index contributed by atoms with van der Waals surface area (Å²) in [5, 5.41) is 8.87. The first-order valence-electron chi connectivity index (χ1n) is 4.88. The van der Waals surface area contributed by atoms with Crippen LogP contribution in [0.3, 0.4) is 0 Å². The molecule has 0 bridgehead atoms. The zero-order valence-corrected chi connectivity index (χ0v) is 8.55. The van der Waals surface area contributed by atoms with Gasteiger partial charge in [0.25, 0.3) is 0 Å². The van der Waals surface area contributed by atoms with Gasteiger partial charge in [-0.25, -0.2) is 0 Å². The predicted molar refractivity (Wildman–Crippen MR) is 51.2 cm³/mol. The van der Waals surface area contributed by atoms with Crippen LogP contribution in [0.15, 0.2) is 0 Å². The molecule has 2 heteroatoms. The molecule has 0 radical (unpaired) electrons. The van der Waals surface area contributed by atoms with Crippen molar-refractivity contribution in [3.63, 3.8) is 0 Å². The Labute approximate surface area is 75.9 Å². The summed E-state index contributed by atoms with van der Waals surface area (Å²) in [7, 11) is 0. The second-order valence-electron chi connectivity index (χ2n) is 3.81. The topological polar surface area (TPSA) is 29.5 Å². The van der Waals surface area contributed by atoms with Crippen molar-refractivity contribution in [1.29, 1.82) is 0 Å². The number of hydrogen-bond donors (Lipinski definition) is 1. The van der Waals surface area contributed by atoms with Gasteiger partial charge in [-0.05, 0) is 19.3 Å². The lowest BCUT2D eigenvalue weighted by Gasteiger charge is -2.06. The molecular weight excluding hydrogens is 152 g/mol. The van der Waals surface area contributed by atoms with Crippen molar-refractivity contribution in [1.82, 2.24) is 0 Å². The predicted octanol–water partition coefficient (Wildman–Crippen LogP) is 2.21. The van der Waals surface area contributed by atoms with Crippen molar-refractivity contribution in [2.45, 2.75) is 46.1 Å². The standard InChI is InChI=1S/C10H22O2/c1-9(2)6-4-5-7-12-8-10(3)11/h9-11H,4-8H2,1-3H3. The minimum atomic E-state index is -0.324. The Bertz CT molecular complexity index is 77.8. The van der Waals surface area contributed by atoms with E-state index in [1.165, 1.54) is 12.8 Å². The van der Waals surface area contributed by atoms with E-state index in [0.717, 1.165) is 18.9 Å². The summed E-state index contributed by atoms with van der Waals surface area (Å²) in [5.41, 5.74) is 0. The zero-order valence-electron chi connectivity index (χ0n) is 8.55. The first-order valence-corrected chi connectivity index (χ1v) is 4.88. The first kappa shape index (κ1) is 11.9. The highest BCUT2D eigenvalue weighted by Gasteiger charge is 1.96.